The Morgan fingerprint density at radius 2 is 1.50 bits per heavy atom. The number of aliphatic hydroxyl groups is 1. The molecule has 6 aromatic rings. The predicted octanol–water partition coefficient (Wildman–Crippen LogP) is 12.6. The number of aromatic nitrogens is 2. The first-order chi connectivity index (χ1) is 22.3. The molecule has 0 aliphatic heterocycles. The minimum atomic E-state index is -0.337. The SMILES string of the molecule is CC(C)(C)c1cc(-c2ncnc3c2sc2c3ccc3ccsc32)[c-]c2ccccc12.CCC(C)(CC)C(=O)/C=C(\O)C(C)(CC)CC.[Ir]. The Hall–Kier alpha value is -2.96. The normalized spacial score (nSPS) is 12.7. The predicted molar refractivity (Wildman–Crippen MR) is 204 cm³/mol. The summed E-state index contributed by atoms with van der Waals surface area (Å²) < 4.78 is 3.77. The number of carbonyl (C=O) groups excluding carboxylic acids is 1. The van der Waals surface area contributed by atoms with Crippen LogP contribution in [0.25, 0.3) is 52.4 Å². The van der Waals surface area contributed by atoms with E-state index in [4.69, 9.17) is 4.98 Å². The van der Waals surface area contributed by atoms with Crippen molar-refractivity contribution in [3.8, 4) is 11.3 Å². The van der Waals surface area contributed by atoms with E-state index in [0.717, 1.165) is 52.5 Å². The summed E-state index contributed by atoms with van der Waals surface area (Å²) in [5.74, 6) is 0.286. The van der Waals surface area contributed by atoms with Crippen LogP contribution >= 0.6 is 22.7 Å². The van der Waals surface area contributed by atoms with Crippen LogP contribution in [0.3, 0.4) is 0 Å². The fraction of sp³-hybridized carbons (Fsp3) is 0.390. The third kappa shape index (κ3) is 7.16. The van der Waals surface area contributed by atoms with E-state index >= 15 is 0 Å². The van der Waals surface area contributed by atoms with Crippen molar-refractivity contribution in [2.75, 3.05) is 0 Å². The van der Waals surface area contributed by atoms with Gasteiger partial charge in [0, 0.05) is 52.8 Å². The molecule has 0 saturated heterocycles. The van der Waals surface area contributed by atoms with Crippen LogP contribution < -0.4 is 0 Å². The average molecular weight is 856 g/mol. The van der Waals surface area contributed by atoms with Crippen LogP contribution in [0.5, 0.6) is 0 Å². The van der Waals surface area contributed by atoms with Crippen molar-refractivity contribution in [2.45, 2.75) is 93.4 Å². The van der Waals surface area contributed by atoms with E-state index in [0.29, 0.717) is 0 Å². The van der Waals surface area contributed by atoms with E-state index in [1.807, 2.05) is 41.5 Å². The van der Waals surface area contributed by atoms with Crippen molar-refractivity contribution < 1.29 is 30.0 Å². The smallest absolute Gasteiger partial charge is 0.164 e. The number of benzene rings is 3. The van der Waals surface area contributed by atoms with Gasteiger partial charge < -0.3 is 5.11 Å². The maximum Gasteiger partial charge on any atom is 0.164 e. The van der Waals surface area contributed by atoms with Crippen molar-refractivity contribution in [3.63, 3.8) is 0 Å². The number of rotatable bonds is 8. The molecule has 0 aliphatic rings. The first-order valence-corrected chi connectivity index (χ1v) is 18.4. The Bertz CT molecular complexity index is 2090. The summed E-state index contributed by atoms with van der Waals surface area (Å²) in [7, 11) is 0. The number of carbonyl (C=O) groups is 1. The van der Waals surface area contributed by atoms with Gasteiger partial charge in [-0.1, -0.05) is 104 Å². The van der Waals surface area contributed by atoms with Crippen LogP contribution in [0.1, 0.15) is 93.6 Å². The van der Waals surface area contributed by atoms with Crippen molar-refractivity contribution in [3.05, 3.63) is 83.7 Å². The molecule has 7 heteroatoms. The molecule has 0 aliphatic carbocycles. The van der Waals surface area contributed by atoms with Gasteiger partial charge in [-0.25, -0.2) is 4.98 Å². The molecule has 1 radical (unpaired) electrons. The van der Waals surface area contributed by atoms with Crippen LogP contribution in [0.15, 0.2) is 72.1 Å². The number of allylic oxidation sites excluding steroid dienone is 2. The van der Waals surface area contributed by atoms with Gasteiger partial charge in [-0.3, -0.25) is 9.78 Å². The Balaban J connectivity index is 0.000000251. The van der Waals surface area contributed by atoms with Gasteiger partial charge >= 0.3 is 0 Å². The molecular formula is C41H47IrN2O2S2-. The van der Waals surface area contributed by atoms with E-state index in [1.54, 1.807) is 29.0 Å². The number of nitrogens with zero attached hydrogens (tertiary/aromatic N) is 2. The number of aliphatic hydroxyl groups excluding tert-OH is 1. The Kier molecular flexibility index (Phi) is 11.7. The molecule has 3 aromatic carbocycles. The molecule has 0 saturated carbocycles. The van der Waals surface area contributed by atoms with Crippen LogP contribution in [-0.4, -0.2) is 20.9 Å². The van der Waals surface area contributed by atoms with Gasteiger partial charge in [0.25, 0.3) is 0 Å². The number of hydrogen-bond donors (Lipinski definition) is 1. The molecule has 0 atom stereocenters. The van der Waals surface area contributed by atoms with Gasteiger partial charge in [-0.2, -0.15) is 0 Å². The maximum absolute atomic E-state index is 12.2. The first-order valence-electron chi connectivity index (χ1n) is 16.7. The van der Waals surface area contributed by atoms with Gasteiger partial charge in [0.2, 0.25) is 0 Å². The third-order valence-electron chi connectivity index (χ3n) is 10.3. The summed E-state index contributed by atoms with van der Waals surface area (Å²) in [6.45, 7) is 18.9. The van der Waals surface area contributed by atoms with Crippen LogP contribution in [0, 0.1) is 16.9 Å². The molecule has 0 spiro atoms. The zero-order chi connectivity index (χ0) is 34.1. The van der Waals surface area contributed by atoms with E-state index in [9.17, 15) is 9.90 Å². The molecule has 255 valence electrons. The summed E-state index contributed by atoms with van der Waals surface area (Å²) in [6.07, 6.45) is 6.45. The monoisotopic (exact) mass is 856 g/mol. The summed E-state index contributed by atoms with van der Waals surface area (Å²) in [6, 6.07) is 21.0. The van der Waals surface area contributed by atoms with E-state index < -0.39 is 0 Å². The topological polar surface area (TPSA) is 63.1 Å². The largest absolute Gasteiger partial charge is 0.512 e. The molecule has 0 amide bonds. The fourth-order valence-electron chi connectivity index (χ4n) is 5.91. The number of ketones is 1. The van der Waals surface area contributed by atoms with Gasteiger partial charge in [-0.15, -0.1) is 51.8 Å². The first kappa shape index (κ1) is 37.9. The van der Waals surface area contributed by atoms with Gasteiger partial charge in [0.05, 0.1) is 14.9 Å². The molecule has 4 nitrogen and oxygen atoms in total. The summed E-state index contributed by atoms with van der Waals surface area (Å²) in [5, 5.41) is 17.2. The average Bonchev–Trinajstić information content (AvgIpc) is 3.71. The third-order valence-corrected chi connectivity index (χ3v) is 12.6. The zero-order valence-electron chi connectivity index (χ0n) is 29.6. The second-order valence-corrected chi connectivity index (χ2v) is 16.0. The zero-order valence-corrected chi connectivity index (χ0v) is 33.6. The summed E-state index contributed by atoms with van der Waals surface area (Å²) in [4.78, 5) is 21.6. The van der Waals surface area contributed by atoms with Gasteiger partial charge in [0.15, 0.2) is 5.78 Å². The molecular weight excluding hydrogens is 809 g/mol. The molecule has 0 bridgehead atoms. The molecule has 6 rings (SSSR count). The minimum Gasteiger partial charge on any atom is -0.512 e. The molecule has 1 N–H and O–H groups in total. The molecule has 3 aromatic heterocycles. The quantitative estimate of drug-likeness (QED) is 0.0941. The molecule has 0 fully saturated rings. The standard InChI is InChI=1S/C26H19N2S2.C15H28O2.Ir/c1-26(2,3)20-13-17(12-16-6-4-5-7-18(16)20)21-25-22(28-14-27-21)19-9-8-15-10-11-29-23(15)24(19)30-25;1-7-14(5,8-2)12(16)11-13(17)15(6,9-3)10-4;/h4-11,13-14H,1-3H3;11,16H,7-10H2,1-6H3;/q-1;;/b;12-11-;. The second kappa shape index (κ2) is 14.9. The molecule has 3 heterocycles. The van der Waals surface area contributed by atoms with Crippen LogP contribution in [0.2, 0.25) is 0 Å². The summed E-state index contributed by atoms with van der Waals surface area (Å²) in [5.41, 5.74) is 3.80. The van der Waals surface area contributed by atoms with Crippen molar-refractivity contribution in [1.82, 2.24) is 9.97 Å². The minimum absolute atomic E-state index is 0. The second-order valence-electron chi connectivity index (χ2n) is 14.1. The van der Waals surface area contributed by atoms with Crippen molar-refractivity contribution in [1.29, 1.82) is 0 Å². The van der Waals surface area contributed by atoms with Crippen molar-refractivity contribution >= 4 is 69.6 Å². The van der Waals surface area contributed by atoms with Crippen LogP contribution in [-0.2, 0) is 30.3 Å². The van der Waals surface area contributed by atoms with Gasteiger partial charge in [0.1, 0.15) is 12.1 Å². The van der Waals surface area contributed by atoms with E-state index in [1.165, 1.54) is 37.2 Å². The number of fused-ring (bicyclic) bond motifs is 6. The van der Waals surface area contributed by atoms with Gasteiger partial charge in [-0.05, 0) is 47.9 Å². The van der Waals surface area contributed by atoms with Crippen LogP contribution in [0.4, 0.5) is 0 Å². The Morgan fingerprint density at radius 3 is 2.15 bits per heavy atom. The van der Waals surface area contributed by atoms with E-state index in [2.05, 4.69) is 85.7 Å². The fourth-order valence-corrected chi connectivity index (χ4v) is 8.23. The molecule has 48 heavy (non-hydrogen) atoms. The van der Waals surface area contributed by atoms with Crippen molar-refractivity contribution in [2.24, 2.45) is 10.8 Å². The maximum atomic E-state index is 12.2. The molecule has 0 unspecified atom stereocenters. The number of thiophene rings is 2. The van der Waals surface area contributed by atoms with E-state index in [-0.39, 0.29) is 47.9 Å². The number of hydrogen-bond acceptors (Lipinski definition) is 6. The summed E-state index contributed by atoms with van der Waals surface area (Å²) >= 11 is 3.60. The Labute approximate surface area is 307 Å². The Morgan fingerprint density at radius 1 is 0.833 bits per heavy atom.